The number of carboxylic acid groups (broad SMARTS) is 1. The molecule has 0 spiro atoms. The van der Waals surface area contributed by atoms with Crippen molar-refractivity contribution in [3.05, 3.63) is 64.6 Å². The largest absolute Gasteiger partial charge is 0.480 e. The predicted octanol–water partition coefficient (Wildman–Crippen LogP) is 2.38. The summed E-state index contributed by atoms with van der Waals surface area (Å²) >= 11 is 3.31. The van der Waals surface area contributed by atoms with Gasteiger partial charge in [0.15, 0.2) is 0 Å². The predicted molar refractivity (Wildman–Crippen MR) is 101 cm³/mol. The fourth-order valence-electron chi connectivity index (χ4n) is 2.20. The number of anilines is 1. The van der Waals surface area contributed by atoms with E-state index in [1.165, 1.54) is 0 Å². The van der Waals surface area contributed by atoms with Crippen molar-refractivity contribution in [3.8, 4) is 0 Å². The molecule has 136 valence electrons. The van der Waals surface area contributed by atoms with Gasteiger partial charge in [0, 0.05) is 16.6 Å². The van der Waals surface area contributed by atoms with Crippen LogP contribution in [0.15, 0.2) is 59.1 Å². The molecule has 0 saturated heterocycles. The molecule has 3 amide bonds. The molecule has 1 unspecified atom stereocenters. The minimum absolute atomic E-state index is 0.236. The molecule has 26 heavy (non-hydrogen) atoms. The van der Waals surface area contributed by atoms with E-state index in [2.05, 4.69) is 31.9 Å². The molecule has 1 atom stereocenters. The van der Waals surface area contributed by atoms with E-state index in [1.807, 2.05) is 30.3 Å². The minimum atomic E-state index is -1.16. The summed E-state index contributed by atoms with van der Waals surface area (Å²) in [7, 11) is 0. The number of hydrogen-bond donors (Lipinski definition) is 4. The molecule has 0 fully saturated rings. The van der Waals surface area contributed by atoms with Crippen LogP contribution in [-0.4, -0.2) is 35.6 Å². The van der Waals surface area contributed by atoms with Gasteiger partial charge in [-0.1, -0.05) is 46.3 Å². The SMILES string of the molecule is O=C(O)CNC(=O)C(Cc1ccccc1)NC(=O)Nc1ccc(Br)cc1. The Kier molecular flexibility index (Phi) is 7.16. The first-order valence-corrected chi connectivity index (χ1v) is 8.60. The molecule has 0 radical (unpaired) electrons. The molecule has 0 aromatic heterocycles. The van der Waals surface area contributed by atoms with Gasteiger partial charge in [0.1, 0.15) is 12.6 Å². The van der Waals surface area contributed by atoms with Crippen LogP contribution < -0.4 is 16.0 Å². The Morgan fingerprint density at radius 2 is 1.65 bits per heavy atom. The number of rotatable bonds is 7. The number of benzene rings is 2. The van der Waals surface area contributed by atoms with Gasteiger partial charge in [-0.25, -0.2) is 4.79 Å². The van der Waals surface area contributed by atoms with Crippen LogP contribution in [0.3, 0.4) is 0 Å². The highest BCUT2D eigenvalue weighted by atomic mass is 79.9. The van der Waals surface area contributed by atoms with E-state index in [1.54, 1.807) is 24.3 Å². The van der Waals surface area contributed by atoms with Gasteiger partial charge in [0.05, 0.1) is 0 Å². The molecule has 0 aliphatic rings. The highest BCUT2D eigenvalue weighted by Gasteiger charge is 2.21. The Morgan fingerprint density at radius 1 is 1.00 bits per heavy atom. The molecule has 2 aromatic rings. The molecule has 7 nitrogen and oxygen atoms in total. The zero-order valence-electron chi connectivity index (χ0n) is 13.7. The van der Waals surface area contributed by atoms with Gasteiger partial charge < -0.3 is 21.1 Å². The highest BCUT2D eigenvalue weighted by molar-refractivity contribution is 9.10. The average Bonchev–Trinajstić information content (AvgIpc) is 2.62. The van der Waals surface area contributed by atoms with Crippen molar-refractivity contribution >= 4 is 39.5 Å². The van der Waals surface area contributed by atoms with Crippen LogP contribution >= 0.6 is 15.9 Å². The minimum Gasteiger partial charge on any atom is -0.480 e. The lowest BCUT2D eigenvalue weighted by Crippen LogP contribution is -2.50. The zero-order valence-corrected chi connectivity index (χ0v) is 15.3. The van der Waals surface area contributed by atoms with E-state index in [9.17, 15) is 14.4 Å². The summed E-state index contributed by atoms with van der Waals surface area (Å²) in [4.78, 5) is 35.1. The van der Waals surface area contributed by atoms with Gasteiger partial charge in [-0.3, -0.25) is 9.59 Å². The lowest BCUT2D eigenvalue weighted by molar-refractivity contribution is -0.138. The normalized spacial score (nSPS) is 11.3. The van der Waals surface area contributed by atoms with Crippen molar-refractivity contribution in [2.24, 2.45) is 0 Å². The second-order valence-corrected chi connectivity index (χ2v) is 6.37. The summed E-state index contributed by atoms with van der Waals surface area (Å²) in [5, 5.41) is 16.2. The standard InChI is InChI=1S/C18H18BrN3O4/c19-13-6-8-14(9-7-13)21-18(26)22-15(17(25)20-11-16(23)24)10-12-4-2-1-3-5-12/h1-9,15H,10-11H2,(H,20,25)(H,23,24)(H2,21,22,26). The van der Waals surface area contributed by atoms with Gasteiger partial charge >= 0.3 is 12.0 Å². The van der Waals surface area contributed by atoms with Crippen LogP contribution in [-0.2, 0) is 16.0 Å². The Labute approximate surface area is 158 Å². The number of carbonyl (C=O) groups excluding carboxylic acids is 2. The summed E-state index contributed by atoms with van der Waals surface area (Å²) in [6.07, 6.45) is 0.236. The topological polar surface area (TPSA) is 108 Å². The monoisotopic (exact) mass is 419 g/mol. The quantitative estimate of drug-likeness (QED) is 0.552. The fraction of sp³-hybridized carbons (Fsp3) is 0.167. The number of carboxylic acids is 1. The number of aliphatic carboxylic acids is 1. The molecule has 2 aromatic carbocycles. The van der Waals surface area contributed by atoms with E-state index >= 15 is 0 Å². The molecule has 4 N–H and O–H groups in total. The lowest BCUT2D eigenvalue weighted by atomic mass is 10.1. The smallest absolute Gasteiger partial charge is 0.322 e. The number of amides is 3. The van der Waals surface area contributed by atoms with E-state index in [0.29, 0.717) is 5.69 Å². The summed E-state index contributed by atoms with van der Waals surface area (Å²) < 4.78 is 0.874. The second kappa shape index (κ2) is 9.57. The molecular formula is C18H18BrN3O4. The van der Waals surface area contributed by atoms with E-state index < -0.39 is 30.5 Å². The molecule has 0 heterocycles. The zero-order chi connectivity index (χ0) is 18.9. The number of halogens is 1. The van der Waals surface area contributed by atoms with Crippen molar-refractivity contribution in [1.29, 1.82) is 0 Å². The van der Waals surface area contributed by atoms with Crippen LogP contribution in [0.25, 0.3) is 0 Å². The Morgan fingerprint density at radius 3 is 2.27 bits per heavy atom. The molecule has 0 aliphatic heterocycles. The van der Waals surface area contributed by atoms with Crippen molar-refractivity contribution < 1.29 is 19.5 Å². The van der Waals surface area contributed by atoms with Crippen LogP contribution in [0, 0.1) is 0 Å². The maximum atomic E-state index is 12.3. The number of hydrogen-bond acceptors (Lipinski definition) is 3. The van der Waals surface area contributed by atoms with Gasteiger partial charge in [-0.2, -0.15) is 0 Å². The number of urea groups is 1. The fourth-order valence-corrected chi connectivity index (χ4v) is 2.47. The van der Waals surface area contributed by atoms with Crippen LogP contribution in [0.2, 0.25) is 0 Å². The lowest BCUT2D eigenvalue weighted by Gasteiger charge is -2.18. The first-order chi connectivity index (χ1) is 12.4. The van der Waals surface area contributed by atoms with Crippen molar-refractivity contribution in [2.45, 2.75) is 12.5 Å². The number of carbonyl (C=O) groups is 3. The summed E-state index contributed by atoms with van der Waals surface area (Å²) in [5.41, 5.74) is 1.40. The van der Waals surface area contributed by atoms with Crippen LogP contribution in [0.4, 0.5) is 10.5 Å². The van der Waals surface area contributed by atoms with Crippen LogP contribution in [0.1, 0.15) is 5.56 Å². The Balaban J connectivity index is 2.04. The first-order valence-electron chi connectivity index (χ1n) is 7.80. The Bertz CT molecular complexity index is 766. The summed E-state index contributed by atoms with van der Waals surface area (Å²) in [6, 6.07) is 14.6. The average molecular weight is 420 g/mol. The second-order valence-electron chi connectivity index (χ2n) is 5.46. The van der Waals surface area contributed by atoms with E-state index in [0.717, 1.165) is 10.0 Å². The van der Waals surface area contributed by atoms with Crippen molar-refractivity contribution in [1.82, 2.24) is 10.6 Å². The molecule has 0 aliphatic carbocycles. The summed E-state index contributed by atoms with van der Waals surface area (Å²) in [6.45, 7) is -0.514. The third kappa shape index (κ3) is 6.56. The molecule has 2 rings (SSSR count). The molecule has 8 heteroatoms. The first kappa shape index (κ1) is 19.5. The van der Waals surface area contributed by atoms with E-state index in [-0.39, 0.29) is 6.42 Å². The van der Waals surface area contributed by atoms with Crippen LogP contribution in [0.5, 0.6) is 0 Å². The highest BCUT2D eigenvalue weighted by Crippen LogP contribution is 2.14. The van der Waals surface area contributed by atoms with Gasteiger partial charge in [0.2, 0.25) is 5.91 Å². The maximum Gasteiger partial charge on any atom is 0.322 e. The maximum absolute atomic E-state index is 12.3. The number of nitrogens with one attached hydrogen (secondary N) is 3. The molecule has 0 saturated carbocycles. The third-order valence-corrected chi connectivity index (χ3v) is 3.95. The molecule has 0 bridgehead atoms. The summed E-state index contributed by atoms with van der Waals surface area (Å²) in [5.74, 6) is -1.72. The van der Waals surface area contributed by atoms with Gasteiger partial charge in [-0.05, 0) is 29.8 Å². The van der Waals surface area contributed by atoms with Gasteiger partial charge in [-0.15, -0.1) is 0 Å². The Hall–Kier alpha value is -2.87. The van der Waals surface area contributed by atoms with E-state index in [4.69, 9.17) is 5.11 Å². The third-order valence-electron chi connectivity index (χ3n) is 3.42. The van der Waals surface area contributed by atoms with Crippen molar-refractivity contribution in [3.63, 3.8) is 0 Å². The van der Waals surface area contributed by atoms with Gasteiger partial charge in [0.25, 0.3) is 0 Å². The van der Waals surface area contributed by atoms with Crippen molar-refractivity contribution in [2.75, 3.05) is 11.9 Å². The molecular weight excluding hydrogens is 402 g/mol.